The first-order valence-corrected chi connectivity index (χ1v) is 25.3. The van der Waals surface area contributed by atoms with Crippen LogP contribution in [0.25, 0.3) is 22.8 Å². The number of aromatic nitrogens is 8. The fourth-order valence-corrected chi connectivity index (χ4v) is 12.0. The van der Waals surface area contributed by atoms with Crippen LogP contribution in [0, 0.1) is 11.8 Å². The van der Waals surface area contributed by atoms with E-state index in [1.54, 1.807) is 72.3 Å². The number of halogens is 6. The largest absolute Gasteiger partial charge is 0.418 e. The highest BCUT2D eigenvalue weighted by molar-refractivity contribution is 7.99. The number of pyridine rings is 2. The van der Waals surface area contributed by atoms with Gasteiger partial charge in [-0.1, -0.05) is 47.8 Å². The molecule has 4 saturated heterocycles. The third kappa shape index (κ3) is 11.0. The van der Waals surface area contributed by atoms with Gasteiger partial charge >= 0.3 is 12.4 Å². The van der Waals surface area contributed by atoms with E-state index in [1.807, 2.05) is 33.0 Å². The van der Waals surface area contributed by atoms with Gasteiger partial charge in [-0.15, -0.1) is 20.4 Å². The van der Waals surface area contributed by atoms with Gasteiger partial charge in [-0.3, -0.25) is 9.59 Å². The molecule has 22 heteroatoms. The quantitative estimate of drug-likeness (QED) is 0.0627. The molecule has 2 aromatic carbocycles. The molecule has 0 spiro atoms. The van der Waals surface area contributed by atoms with Crippen molar-refractivity contribution < 1.29 is 26.3 Å². The molecule has 0 amide bonds. The molecule has 4 fully saturated rings. The molecule has 4 aromatic heterocycles. The molecular formula is C48H54F6N12O2S2. The lowest BCUT2D eigenvalue weighted by molar-refractivity contribution is -0.138. The number of alkyl halides is 6. The van der Waals surface area contributed by atoms with Gasteiger partial charge in [0.2, 0.25) is 11.1 Å². The van der Waals surface area contributed by atoms with E-state index in [0.717, 1.165) is 97.9 Å². The molecule has 2 N–H and O–H groups in total. The number of thioether (sulfide) groups is 2. The summed E-state index contributed by atoms with van der Waals surface area (Å²) in [5.74, 6) is 3.92. The van der Waals surface area contributed by atoms with Gasteiger partial charge in [0, 0.05) is 124 Å². The van der Waals surface area contributed by atoms with Crippen LogP contribution in [-0.4, -0.2) is 125 Å². The van der Waals surface area contributed by atoms with E-state index < -0.39 is 23.5 Å². The van der Waals surface area contributed by atoms with Crippen molar-refractivity contribution in [3.05, 3.63) is 117 Å². The summed E-state index contributed by atoms with van der Waals surface area (Å²) in [6.07, 6.45) is -1.69. The van der Waals surface area contributed by atoms with Crippen molar-refractivity contribution in [3.8, 4) is 22.8 Å². The molecular weight excluding hydrogens is 955 g/mol. The summed E-state index contributed by atoms with van der Waals surface area (Å²) in [5, 5.41) is 18.6. The Bertz CT molecular complexity index is 2640. The monoisotopic (exact) mass is 1010 g/mol. The van der Waals surface area contributed by atoms with Crippen molar-refractivity contribution in [2.75, 3.05) is 73.7 Å². The van der Waals surface area contributed by atoms with Crippen LogP contribution in [0.1, 0.15) is 36.8 Å². The number of nitrogens with one attached hydrogen (secondary N) is 2. The van der Waals surface area contributed by atoms with Crippen molar-refractivity contribution in [2.24, 2.45) is 25.9 Å². The normalized spacial score (nSPS) is 20.5. The molecule has 4 aliphatic rings. The second-order valence-electron chi connectivity index (χ2n) is 18.2. The molecule has 14 nitrogen and oxygen atoms in total. The summed E-state index contributed by atoms with van der Waals surface area (Å²) in [5.41, 5.74) is 0.809. The smallest absolute Gasteiger partial charge is 0.366 e. The molecule has 4 atom stereocenters. The van der Waals surface area contributed by atoms with Crippen LogP contribution in [0.2, 0.25) is 0 Å². The third-order valence-electron chi connectivity index (χ3n) is 13.7. The lowest BCUT2D eigenvalue weighted by Crippen LogP contribution is -2.36. The van der Waals surface area contributed by atoms with Gasteiger partial charge in [0.05, 0.1) is 11.1 Å². The third-order valence-corrected chi connectivity index (χ3v) is 16.0. The predicted molar refractivity (Wildman–Crippen MR) is 259 cm³/mol. The highest BCUT2D eigenvalue weighted by Crippen LogP contribution is 2.43. The van der Waals surface area contributed by atoms with Gasteiger partial charge in [0.1, 0.15) is 0 Å². The summed E-state index contributed by atoms with van der Waals surface area (Å²) in [7, 11) is 3.80. The molecule has 0 bridgehead atoms. The van der Waals surface area contributed by atoms with Crippen molar-refractivity contribution >= 4 is 34.9 Å². The van der Waals surface area contributed by atoms with Gasteiger partial charge in [-0.25, -0.2) is 0 Å². The number of likely N-dealkylation sites (tertiary alicyclic amines) is 2. The van der Waals surface area contributed by atoms with E-state index in [-0.39, 0.29) is 23.2 Å². The number of anilines is 2. The Labute approximate surface area is 408 Å². The Morgan fingerprint density at radius 2 is 0.986 bits per heavy atom. The number of para-hydroxylation sites is 2. The minimum absolute atomic E-state index is 0.129. The summed E-state index contributed by atoms with van der Waals surface area (Å²) in [6.45, 7) is 6.61. The zero-order valence-electron chi connectivity index (χ0n) is 38.7. The second-order valence-corrected chi connectivity index (χ2v) is 20.3. The number of hydrogen-bond acceptors (Lipinski definition) is 12. The number of H-pyrrole nitrogens is 2. The minimum Gasteiger partial charge on any atom is -0.366 e. The first kappa shape index (κ1) is 49.4. The maximum absolute atomic E-state index is 13.5. The zero-order valence-corrected chi connectivity index (χ0v) is 40.3. The maximum atomic E-state index is 13.5. The fraction of sp³-hybridized carbons (Fsp3) is 0.458. The van der Waals surface area contributed by atoms with Crippen molar-refractivity contribution in [1.82, 2.24) is 49.3 Å². The van der Waals surface area contributed by atoms with Gasteiger partial charge < -0.3 is 38.7 Å². The van der Waals surface area contributed by atoms with Gasteiger partial charge in [-0.05, 0) is 87.0 Å². The molecule has 70 heavy (non-hydrogen) atoms. The number of aromatic amines is 2. The molecule has 6 aromatic rings. The zero-order chi connectivity index (χ0) is 49.2. The van der Waals surface area contributed by atoms with Crippen LogP contribution < -0.4 is 20.9 Å². The van der Waals surface area contributed by atoms with Crippen molar-refractivity contribution in [2.45, 2.75) is 60.4 Å². The van der Waals surface area contributed by atoms with E-state index in [0.29, 0.717) is 47.9 Å². The summed E-state index contributed by atoms with van der Waals surface area (Å²) in [6, 6.07) is 18.5. The molecule has 8 heterocycles. The van der Waals surface area contributed by atoms with Crippen LogP contribution in [0.3, 0.4) is 0 Å². The number of fused-ring (bicyclic) bond motifs is 2. The highest BCUT2D eigenvalue weighted by Gasteiger charge is 2.45. The van der Waals surface area contributed by atoms with E-state index in [2.05, 4.69) is 40.2 Å². The van der Waals surface area contributed by atoms with Crippen LogP contribution in [0.5, 0.6) is 0 Å². The van der Waals surface area contributed by atoms with Gasteiger partial charge in [0.15, 0.2) is 22.0 Å². The van der Waals surface area contributed by atoms with E-state index >= 15 is 0 Å². The highest BCUT2D eigenvalue weighted by atomic mass is 32.2. The predicted octanol–water partition coefficient (Wildman–Crippen LogP) is 7.76. The summed E-state index contributed by atoms with van der Waals surface area (Å²) < 4.78 is 85.1. The van der Waals surface area contributed by atoms with E-state index in [4.69, 9.17) is 0 Å². The standard InChI is InChI=1S/2C24H27F3N6OS/c2*1-31-22(16-7-8-21(34)28-13-16)29-30-23(31)35-12-4-10-32-14-17-9-11-33(20(17)15-32)19-6-3-2-5-18(19)24(25,26)27/h2*2-3,5-8,13,17,20H,4,9-12,14-15H2,1H3,(H,28,34)/t2*17-,20+/m10/s1. The Balaban J connectivity index is 0.000000174. The van der Waals surface area contributed by atoms with Gasteiger partial charge in [-0.2, -0.15) is 26.3 Å². The summed E-state index contributed by atoms with van der Waals surface area (Å²) in [4.78, 5) is 36.6. The number of hydrogen-bond donors (Lipinski definition) is 2. The lowest BCUT2D eigenvalue weighted by atomic mass is 10.0. The minimum atomic E-state index is -4.35. The van der Waals surface area contributed by atoms with Crippen LogP contribution in [-0.2, 0) is 26.4 Å². The molecule has 0 saturated carbocycles. The molecule has 0 aliphatic carbocycles. The SMILES string of the molecule is Cn1c(SCCCN2C[C@@H]3CCN(c4ccccc4C(F)(F)F)[C@@H]3C2)nnc1-c1ccc(=O)[nH]c1.Cn1c(SCCCN2C[C@H]3CCN(c4ccccc4C(F)(F)F)[C@H]3C2)nnc1-c1ccc(=O)[nH]c1. The summed E-state index contributed by atoms with van der Waals surface area (Å²) >= 11 is 3.26. The number of benzene rings is 2. The van der Waals surface area contributed by atoms with Crippen LogP contribution in [0.4, 0.5) is 37.7 Å². The number of rotatable bonds is 14. The average Bonchev–Trinajstić information content (AvgIpc) is 4.21. The molecule has 372 valence electrons. The van der Waals surface area contributed by atoms with Crippen molar-refractivity contribution in [3.63, 3.8) is 0 Å². The van der Waals surface area contributed by atoms with Gasteiger partial charge in [0.25, 0.3) is 0 Å². The first-order chi connectivity index (χ1) is 33.6. The fourth-order valence-electron chi connectivity index (χ4n) is 10.4. The van der Waals surface area contributed by atoms with Crippen LogP contribution >= 0.6 is 23.5 Å². The van der Waals surface area contributed by atoms with Crippen LogP contribution in [0.15, 0.2) is 105 Å². The Kier molecular flexibility index (Phi) is 14.8. The Morgan fingerprint density at radius 1 is 0.571 bits per heavy atom. The molecule has 0 radical (unpaired) electrons. The Morgan fingerprint density at radius 3 is 1.37 bits per heavy atom. The first-order valence-electron chi connectivity index (χ1n) is 23.4. The average molecular weight is 1010 g/mol. The number of nitrogens with zero attached hydrogens (tertiary/aromatic N) is 10. The maximum Gasteiger partial charge on any atom is 0.418 e. The second kappa shape index (κ2) is 21.0. The molecule has 0 unspecified atom stereocenters. The lowest BCUT2D eigenvalue weighted by Gasteiger charge is -2.29. The van der Waals surface area contributed by atoms with Crippen molar-refractivity contribution in [1.29, 1.82) is 0 Å². The van der Waals surface area contributed by atoms with E-state index in [9.17, 15) is 35.9 Å². The molecule has 10 rings (SSSR count). The Hall–Kier alpha value is -5.58. The topological polar surface area (TPSA) is 140 Å². The van der Waals surface area contributed by atoms with E-state index in [1.165, 1.54) is 36.4 Å². The molecule has 4 aliphatic heterocycles.